The maximum Gasteiger partial charge on any atom is 0.272 e. The van der Waals surface area contributed by atoms with Crippen molar-refractivity contribution in [3.8, 4) is 11.3 Å². The van der Waals surface area contributed by atoms with Crippen molar-refractivity contribution in [2.24, 2.45) is 5.92 Å². The standard InChI is InChI=1S/C18H22FN3O/c1-11(2)12(3)22(15-8-9-15)18(23)17-10-16(20-21-17)13-4-6-14(19)7-5-13/h4-7,10-12,15H,8-9H2,1-3H3,(H,20,21). The Labute approximate surface area is 135 Å². The maximum absolute atomic E-state index is 13.0. The van der Waals surface area contributed by atoms with Gasteiger partial charge in [0.2, 0.25) is 0 Å². The van der Waals surface area contributed by atoms with E-state index in [1.807, 2.05) is 4.90 Å². The van der Waals surface area contributed by atoms with Crippen molar-refractivity contribution in [1.82, 2.24) is 15.1 Å². The maximum atomic E-state index is 13.0. The quantitative estimate of drug-likeness (QED) is 0.910. The summed E-state index contributed by atoms with van der Waals surface area (Å²) in [6.07, 6.45) is 2.14. The fourth-order valence-electron chi connectivity index (χ4n) is 2.70. The van der Waals surface area contributed by atoms with Gasteiger partial charge in [0.25, 0.3) is 5.91 Å². The molecule has 0 saturated heterocycles. The molecule has 0 spiro atoms. The molecule has 0 bridgehead atoms. The molecule has 1 N–H and O–H groups in total. The van der Waals surface area contributed by atoms with Crippen LogP contribution in [0.5, 0.6) is 0 Å². The Morgan fingerprint density at radius 3 is 2.48 bits per heavy atom. The minimum absolute atomic E-state index is 0.00504. The first-order valence-electron chi connectivity index (χ1n) is 8.11. The van der Waals surface area contributed by atoms with Crippen LogP contribution in [0.4, 0.5) is 4.39 Å². The van der Waals surface area contributed by atoms with Crippen LogP contribution in [-0.4, -0.2) is 33.1 Å². The monoisotopic (exact) mass is 315 g/mol. The average molecular weight is 315 g/mol. The highest BCUT2D eigenvalue weighted by molar-refractivity contribution is 5.94. The van der Waals surface area contributed by atoms with Gasteiger partial charge in [-0.2, -0.15) is 5.10 Å². The Morgan fingerprint density at radius 2 is 1.91 bits per heavy atom. The van der Waals surface area contributed by atoms with Crippen LogP contribution in [0.2, 0.25) is 0 Å². The van der Waals surface area contributed by atoms with Gasteiger partial charge in [-0.05, 0) is 56.0 Å². The van der Waals surface area contributed by atoms with Crippen molar-refractivity contribution in [2.45, 2.75) is 45.7 Å². The van der Waals surface area contributed by atoms with Crippen LogP contribution < -0.4 is 0 Å². The molecule has 4 nitrogen and oxygen atoms in total. The average Bonchev–Trinajstić information content (AvgIpc) is 3.23. The number of nitrogens with one attached hydrogen (secondary N) is 1. The van der Waals surface area contributed by atoms with Crippen LogP contribution in [0, 0.1) is 11.7 Å². The van der Waals surface area contributed by atoms with E-state index in [-0.39, 0.29) is 17.8 Å². The van der Waals surface area contributed by atoms with E-state index < -0.39 is 0 Å². The number of benzene rings is 1. The Kier molecular flexibility index (Phi) is 4.20. The molecule has 5 heteroatoms. The van der Waals surface area contributed by atoms with Crippen molar-refractivity contribution >= 4 is 5.91 Å². The molecule has 1 fully saturated rings. The van der Waals surface area contributed by atoms with E-state index in [0.717, 1.165) is 18.4 Å². The number of hydrogen-bond acceptors (Lipinski definition) is 2. The molecule has 1 aliphatic carbocycles. The van der Waals surface area contributed by atoms with Gasteiger partial charge in [-0.3, -0.25) is 9.89 Å². The smallest absolute Gasteiger partial charge is 0.272 e. The van der Waals surface area contributed by atoms with Gasteiger partial charge < -0.3 is 4.90 Å². The van der Waals surface area contributed by atoms with Crippen LogP contribution in [0.15, 0.2) is 30.3 Å². The Bertz CT molecular complexity index is 689. The van der Waals surface area contributed by atoms with Gasteiger partial charge in [0.1, 0.15) is 11.5 Å². The minimum Gasteiger partial charge on any atom is -0.331 e. The molecule has 23 heavy (non-hydrogen) atoms. The number of aromatic nitrogens is 2. The number of amides is 1. The predicted octanol–water partition coefficient (Wildman–Crippen LogP) is 3.86. The van der Waals surface area contributed by atoms with E-state index in [1.165, 1.54) is 12.1 Å². The van der Waals surface area contributed by atoms with Gasteiger partial charge in [0.15, 0.2) is 0 Å². The zero-order valence-corrected chi connectivity index (χ0v) is 13.7. The van der Waals surface area contributed by atoms with Gasteiger partial charge in [0, 0.05) is 17.6 Å². The van der Waals surface area contributed by atoms with Crippen LogP contribution >= 0.6 is 0 Å². The summed E-state index contributed by atoms with van der Waals surface area (Å²) >= 11 is 0. The van der Waals surface area contributed by atoms with E-state index in [2.05, 4.69) is 31.0 Å². The summed E-state index contributed by atoms with van der Waals surface area (Å²) in [6.45, 7) is 6.35. The van der Waals surface area contributed by atoms with Gasteiger partial charge in [-0.1, -0.05) is 13.8 Å². The lowest BCUT2D eigenvalue weighted by Gasteiger charge is -2.31. The summed E-state index contributed by atoms with van der Waals surface area (Å²) in [5.74, 6) is 0.111. The Morgan fingerprint density at radius 1 is 1.26 bits per heavy atom. The number of carbonyl (C=O) groups is 1. The zero-order chi connectivity index (χ0) is 16.6. The number of rotatable bonds is 5. The first kappa shape index (κ1) is 15.7. The van der Waals surface area contributed by atoms with E-state index in [1.54, 1.807) is 18.2 Å². The summed E-state index contributed by atoms with van der Waals surface area (Å²) in [5.41, 5.74) is 1.93. The number of halogens is 1. The highest BCUT2D eigenvalue weighted by atomic mass is 19.1. The first-order valence-corrected chi connectivity index (χ1v) is 8.11. The zero-order valence-electron chi connectivity index (χ0n) is 13.7. The summed E-state index contributed by atoms with van der Waals surface area (Å²) in [4.78, 5) is 14.8. The number of aromatic amines is 1. The molecule has 1 saturated carbocycles. The first-order chi connectivity index (χ1) is 11.0. The van der Waals surface area contributed by atoms with Gasteiger partial charge in [-0.25, -0.2) is 4.39 Å². The molecule has 0 aliphatic heterocycles. The highest BCUT2D eigenvalue weighted by Crippen LogP contribution is 2.32. The van der Waals surface area contributed by atoms with Gasteiger partial charge in [0.05, 0.1) is 5.69 Å². The Balaban J connectivity index is 1.83. The second kappa shape index (κ2) is 6.14. The van der Waals surface area contributed by atoms with E-state index in [9.17, 15) is 9.18 Å². The molecule has 1 atom stereocenters. The molecule has 1 heterocycles. The third-order valence-electron chi connectivity index (χ3n) is 4.53. The van der Waals surface area contributed by atoms with Crippen molar-refractivity contribution < 1.29 is 9.18 Å². The molecule has 3 rings (SSSR count). The summed E-state index contributed by atoms with van der Waals surface area (Å²) in [7, 11) is 0. The topological polar surface area (TPSA) is 49.0 Å². The molecular weight excluding hydrogens is 293 g/mol. The number of H-pyrrole nitrogens is 1. The van der Waals surface area contributed by atoms with Crippen molar-refractivity contribution in [3.05, 3.63) is 41.8 Å². The lowest BCUT2D eigenvalue weighted by molar-refractivity contribution is 0.0621. The predicted molar refractivity (Wildman–Crippen MR) is 87.5 cm³/mol. The lowest BCUT2D eigenvalue weighted by atomic mass is 10.0. The second-order valence-corrected chi connectivity index (χ2v) is 6.60. The fourth-order valence-corrected chi connectivity index (χ4v) is 2.70. The third kappa shape index (κ3) is 3.28. The number of hydrogen-bond donors (Lipinski definition) is 1. The molecule has 1 aliphatic rings. The molecule has 122 valence electrons. The molecule has 2 aromatic rings. The second-order valence-electron chi connectivity index (χ2n) is 6.60. The van der Waals surface area contributed by atoms with Crippen LogP contribution in [0.3, 0.4) is 0 Å². The minimum atomic E-state index is -0.286. The van der Waals surface area contributed by atoms with Crippen LogP contribution in [-0.2, 0) is 0 Å². The SMILES string of the molecule is CC(C)C(C)N(C(=O)c1cc(-c2ccc(F)cc2)n[nH]1)C1CC1. The normalized spacial score (nSPS) is 15.7. The highest BCUT2D eigenvalue weighted by Gasteiger charge is 2.37. The lowest BCUT2D eigenvalue weighted by Crippen LogP contribution is -2.43. The molecule has 1 amide bonds. The molecule has 1 aromatic heterocycles. The largest absolute Gasteiger partial charge is 0.331 e. The van der Waals surface area contributed by atoms with Crippen LogP contribution in [0.1, 0.15) is 44.1 Å². The van der Waals surface area contributed by atoms with Crippen LogP contribution in [0.25, 0.3) is 11.3 Å². The molecular formula is C18H22FN3O. The van der Waals surface area contributed by atoms with Crippen molar-refractivity contribution in [1.29, 1.82) is 0 Å². The third-order valence-corrected chi connectivity index (χ3v) is 4.53. The van der Waals surface area contributed by atoms with Crippen molar-refractivity contribution in [2.75, 3.05) is 0 Å². The molecule has 1 unspecified atom stereocenters. The number of nitrogens with zero attached hydrogens (tertiary/aromatic N) is 2. The molecule has 0 radical (unpaired) electrons. The number of carbonyl (C=O) groups excluding carboxylic acids is 1. The van der Waals surface area contributed by atoms with Gasteiger partial charge in [-0.15, -0.1) is 0 Å². The summed E-state index contributed by atoms with van der Waals surface area (Å²) in [5, 5.41) is 7.05. The van der Waals surface area contributed by atoms with E-state index >= 15 is 0 Å². The molecule has 1 aromatic carbocycles. The summed E-state index contributed by atoms with van der Waals surface area (Å²) in [6, 6.07) is 8.39. The van der Waals surface area contributed by atoms with Gasteiger partial charge >= 0.3 is 0 Å². The van der Waals surface area contributed by atoms with E-state index in [4.69, 9.17) is 0 Å². The fraction of sp³-hybridized carbons (Fsp3) is 0.444. The Hall–Kier alpha value is -2.17. The van der Waals surface area contributed by atoms with E-state index in [0.29, 0.717) is 23.3 Å². The van der Waals surface area contributed by atoms with Crippen molar-refractivity contribution in [3.63, 3.8) is 0 Å². The summed E-state index contributed by atoms with van der Waals surface area (Å²) < 4.78 is 13.0.